The van der Waals surface area contributed by atoms with Gasteiger partial charge in [-0.3, -0.25) is 14.9 Å². The molecule has 1 aromatic rings. The smallest absolute Gasteiger partial charge is 0.327 e. The quantitative estimate of drug-likeness (QED) is 0.493. The van der Waals surface area contributed by atoms with Gasteiger partial charge in [0.15, 0.2) is 5.75 Å². The van der Waals surface area contributed by atoms with Crippen molar-refractivity contribution in [1.29, 1.82) is 0 Å². The van der Waals surface area contributed by atoms with Crippen molar-refractivity contribution in [2.24, 2.45) is 0 Å². The summed E-state index contributed by atoms with van der Waals surface area (Å²) in [5.74, 6) is -0.450. The maximum atomic E-state index is 13.0. The van der Waals surface area contributed by atoms with Crippen LogP contribution < -0.4 is 14.2 Å². The van der Waals surface area contributed by atoms with E-state index in [1.807, 2.05) is 0 Å². The van der Waals surface area contributed by atoms with Crippen LogP contribution in [0, 0.1) is 10.1 Å². The Hall–Kier alpha value is -2.55. The largest absolute Gasteiger partial charge is 0.493 e. The third kappa shape index (κ3) is 4.11. The normalized spacial score (nSPS) is 11.6. The highest BCUT2D eigenvalue weighted by molar-refractivity contribution is 6.00. The van der Waals surface area contributed by atoms with Gasteiger partial charge in [-0.25, -0.2) is 0 Å². The first-order valence-electron chi connectivity index (χ1n) is 7.65. The molecule has 0 radical (unpaired) electrons. The lowest BCUT2D eigenvalue weighted by atomic mass is 10.1. The van der Waals surface area contributed by atoms with Crippen LogP contribution in [0.25, 0.3) is 0 Å². The number of benzene rings is 1. The second-order valence-corrected chi connectivity index (χ2v) is 5.19. The number of ether oxygens (including phenoxy) is 4. The summed E-state index contributed by atoms with van der Waals surface area (Å²) in [4.78, 5) is 25.4. The second-order valence-electron chi connectivity index (χ2n) is 5.19. The van der Waals surface area contributed by atoms with E-state index >= 15 is 0 Å². The van der Waals surface area contributed by atoms with Gasteiger partial charge in [-0.2, -0.15) is 0 Å². The molecule has 0 bridgehead atoms. The highest BCUT2D eigenvalue weighted by atomic mass is 16.6. The number of methoxy groups -OCH3 is 4. The van der Waals surface area contributed by atoms with Gasteiger partial charge in [0.1, 0.15) is 5.56 Å². The van der Waals surface area contributed by atoms with E-state index in [0.717, 1.165) is 0 Å². The Kier molecular flexibility index (Phi) is 7.43. The number of hydrogen-bond donors (Lipinski definition) is 0. The van der Waals surface area contributed by atoms with Gasteiger partial charge in [-0.1, -0.05) is 0 Å². The van der Waals surface area contributed by atoms with Crippen molar-refractivity contribution in [1.82, 2.24) is 4.90 Å². The van der Waals surface area contributed by atoms with Gasteiger partial charge in [-0.05, 0) is 13.8 Å². The standard InChI is InChI=1S/C16H24N2O7/c1-7-17(10(2)9-22-3)16(19)11-8-12(23-4)14(24-5)15(25-6)13(11)18(20)21/h8,10H,7,9H2,1-6H3. The lowest BCUT2D eigenvalue weighted by molar-refractivity contribution is -0.386. The molecule has 0 heterocycles. The lowest BCUT2D eigenvalue weighted by Gasteiger charge is -2.28. The number of hydrogen-bond acceptors (Lipinski definition) is 7. The van der Waals surface area contributed by atoms with Gasteiger partial charge in [0, 0.05) is 19.7 Å². The molecular weight excluding hydrogens is 332 g/mol. The fourth-order valence-electron chi connectivity index (χ4n) is 2.63. The minimum absolute atomic E-state index is 0.0567. The third-order valence-corrected chi connectivity index (χ3v) is 3.76. The molecule has 0 saturated carbocycles. The monoisotopic (exact) mass is 356 g/mol. The van der Waals surface area contributed by atoms with Crippen molar-refractivity contribution >= 4 is 11.6 Å². The molecule has 0 aliphatic carbocycles. The molecule has 0 aliphatic heterocycles. The van der Waals surface area contributed by atoms with Crippen molar-refractivity contribution in [3.8, 4) is 17.2 Å². The van der Waals surface area contributed by atoms with E-state index in [2.05, 4.69) is 0 Å². The van der Waals surface area contributed by atoms with Gasteiger partial charge in [0.2, 0.25) is 11.5 Å². The molecule has 1 atom stereocenters. The number of amides is 1. The van der Waals surface area contributed by atoms with E-state index in [0.29, 0.717) is 13.2 Å². The molecule has 1 amide bonds. The van der Waals surface area contributed by atoms with Crippen molar-refractivity contribution in [3.05, 3.63) is 21.7 Å². The van der Waals surface area contributed by atoms with Crippen LogP contribution in [0.2, 0.25) is 0 Å². The van der Waals surface area contributed by atoms with E-state index in [4.69, 9.17) is 18.9 Å². The number of carbonyl (C=O) groups is 1. The molecule has 1 aromatic carbocycles. The fraction of sp³-hybridized carbons (Fsp3) is 0.562. The molecule has 0 fully saturated rings. The van der Waals surface area contributed by atoms with Crippen LogP contribution in [0.1, 0.15) is 24.2 Å². The topological polar surface area (TPSA) is 100 Å². The first kappa shape index (κ1) is 20.5. The zero-order valence-electron chi connectivity index (χ0n) is 15.3. The van der Waals surface area contributed by atoms with Gasteiger partial charge in [-0.15, -0.1) is 0 Å². The van der Waals surface area contributed by atoms with E-state index < -0.39 is 16.5 Å². The minimum Gasteiger partial charge on any atom is -0.493 e. The summed E-state index contributed by atoms with van der Waals surface area (Å²) >= 11 is 0. The first-order valence-corrected chi connectivity index (χ1v) is 7.65. The van der Waals surface area contributed by atoms with Crippen molar-refractivity contribution in [3.63, 3.8) is 0 Å². The molecular formula is C16H24N2O7. The van der Waals surface area contributed by atoms with Crippen LogP contribution in [-0.2, 0) is 4.74 Å². The summed E-state index contributed by atoms with van der Waals surface area (Å²) in [6.45, 7) is 4.25. The second kappa shape index (κ2) is 9.07. The van der Waals surface area contributed by atoms with Crippen LogP contribution in [0.5, 0.6) is 17.2 Å². The van der Waals surface area contributed by atoms with Crippen molar-refractivity contribution in [2.75, 3.05) is 41.6 Å². The Morgan fingerprint density at radius 1 is 1.20 bits per heavy atom. The summed E-state index contributed by atoms with van der Waals surface area (Å²) in [7, 11) is 5.51. The summed E-state index contributed by atoms with van der Waals surface area (Å²) in [6, 6.07) is 1.03. The third-order valence-electron chi connectivity index (χ3n) is 3.76. The Balaban J connectivity index is 3.61. The summed E-state index contributed by atoms with van der Waals surface area (Å²) in [5.41, 5.74) is -0.600. The SMILES string of the molecule is CCN(C(=O)c1cc(OC)c(OC)c(OC)c1[N+](=O)[O-])C(C)COC. The van der Waals surface area contributed by atoms with Crippen LogP contribution in [0.15, 0.2) is 6.07 Å². The highest BCUT2D eigenvalue weighted by Crippen LogP contribution is 2.46. The average Bonchev–Trinajstić information content (AvgIpc) is 2.59. The Morgan fingerprint density at radius 3 is 2.20 bits per heavy atom. The molecule has 25 heavy (non-hydrogen) atoms. The average molecular weight is 356 g/mol. The van der Waals surface area contributed by atoms with Crippen LogP contribution in [0.4, 0.5) is 5.69 Å². The predicted molar refractivity (Wildman–Crippen MR) is 90.8 cm³/mol. The molecule has 1 rings (SSSR count). The lowest BCUT2D eigenvalue weighted by Crippen LogP contribution is -2.41. The van der Waals surface area contributed by atoms with Gasteiger partial charge >= 0.3 is 5.69 Å². The highest BCUT2D eigenvalue weighted by Gasteiger charge is 2.35. The van der Waals surface area contributed by atoms with Crippen molar-refractivity contribution < 1.29 is 28.7 Å². The Bertz CT molecular complexity index is 633. The zero-order valence-corrected chi connectivity index (χ0v) is 15.3. The number of likely N-dealkylation sites (N-methyl/N-ethyl adjacent to an activating group) is 1. The van der Waals surface area contributed by atoms with E-state index in [1.54, 1.807) is 13.8 Å². The summed E-state index contributed by atoms with van der Waals surface area (Å²) in [6.07, 6.45) is 0. The number of nitro benzene ring substituents is 1. The number of rotatable bonds is 9. The molecule has 0 N–H and O–H groups in total. The van der Waals surface area contributed by atoms with Crippen LogP contribution in [0.3, 0.4) is 0 Å². The molecule has 140 valence electrons. The molecule has 0 spiro atoms. The number of nitrogens with zero attached hydrogens (tertiary/aromatic N) is 2. The fourth-order valence-corrected chi connectivity index (χ4v) is 2.63. The number of carbonyl (C=O) groups excluding carboxylic acids is 1. The van der Waals surface area contributed by atoms with Crippen LogP contribution >= 0.6 is 0 Å². The van der Waals surface area contributed by atoms with Crippen molar-refractivity contribution in [2.45, 2.75) is 19.9 Å². The van der Waals surface area contributed by atoms with E-state index in [1.165, 1.54) is 39.4 Å². The van der Waals surface area contributed by atoms with Gasteiger partial charge in [0.25, 0.3) is 5.91 Å². The summed E-state index contributed by atoms with van der Waals surface area (Å²) in [5, 5.41) is 11.6. The van der Waals surface area contributed by atoms with Gasteiger partial charge in [0.05, 0.1) is 38.9 Å². The maximum Gasteiger partial charge on any atom is 0.327 e. The molecule has 0 saturated heterocycles. The van der Waals surface area contributed by atoms with Crippen LogP contribution in [-0.4, -0.2) is 63.4 Å². The predicted octanol–water partition coefficient (Wildman–Crippen LogP) is 2.12. The van der Waals surface area contributed by atoms with Gasteiger partial charge < -0.3 is 23.8 Å². The molecule has 9 heteroatoms. The summed E-state index contributed by atoms with van der Waals surface area (Å²) < 4.78 is 20.6. The van der Waals surface area contributed by atoms with E-state index in [9.17, 15) is 14.9 Å². The molecule has 9 nitrogen and oxygen atoms in total. The first-order chi connectivity index (χ1) is 11.9. The minimum atomic E-state index is -0.664. The zero-order chi connectivity index (χ0) is 19.1. The van der Waals surface area contributed by atoms with E-state index in [-0.39, 0.29) is 28.9 Å². The Morgan fingerprint density at radius 2 is 1.80 bits per heavy atom. The maximum absolute atomic E-state index is 13.0. The molecule has 0 aromatic heterocycles. The Labute approximate surface area is 146 Å². The molecule has 1 unspecified atom stereocenters. The molecule has 0 aliphatic rings. The number of nitro groups is 1.